The van der Waals surface area contributed by atoms with Gasteiger partial charge in [-0.3, -0.25) is 0 Å². The highest BCUT2D eigenvalue weighted by Gasteiger charge is 2.58. The van der Waals surface area contributed by atoms with Gasteiger partial charge < -0.3 is 10.6 Å². The van der Waals surface area contributed by atoms with E-state index in [0.29, 0.717) is 11.9 Å². The molecule has 0 bridgehead atoms. The zero-order valence-electron chi connectivity index (χ0n) is 9.99. The SMILES string of the molecule is CC1(C)CCC2(C1)C(N)=NC(=O)N2C1CC1. The molecule has 88 valence electrons. The molecule has 1 spiro atoms. The van der Waals surface area contributed by atoms with Crippen molar-refractivity contribution in [1.82, 2.24) is 4.90 Å². The summed E-state index contributed by atoms with van der Waals surface area (Å²) in [5.74, 6) is 0.565. The molecule has 4 nitrogen and oxygen atoms in total. The number of nitrogens with two attached hydrogens (primary N) is 1. The summed E-state index contributed by atoms with van der Waals surface area (Å²) in [5.41, 5.74) is 6.07. The quantitative estimate of drug-likeness (QED) is 0.735. The average Bonchev–Trinajstić information content (AvgIpc) is 2.88. The molecule has 1 atom stereocenters. The van der Waals surface area contributed by atoms with E-state index in [2.05, 4.69) is 18.8 Å². The molecule has 2 N–H and O–H groups in total. The van der Waals surface area contributed by atoms with E-state index >= 15 is 0 Å². The number of hydrogen-bond donors (Lipinski definition) is 1. The van der Waals surface area contributed by atoms with Gasteiger partial charge in [-0.25, -0.2) is 4.79 Å². The Morgan fingerprint density at radius 1 is 1.38 bits per heavy atom. The average molecular weight is 221 g/mol. The molecule has 1 heterocycles. The molecule has 0 aromatic carbocycles. The van der Waals surface area contributed by atoms with Crippen molar-refractivity contribution in [2.24, 2.45) is 16.1 Å². The Labute approximate surface area is 95.9 Å². The Balaban J connectivity index is 1.98. The molecule has 1 unspecified atom stereocenters. The van der Waals surface area contributed by atoms with E-state index < -0.39 is 0 Å². The first-order chi connectivity index (χ1) is 7.45. The monoisotopic (exact) mass is 221 g/mol. The predicted molar refractivity (Wildman–Crippen MR) is 62.2 cm³/mol. The predicted octanol–water partition coefficient (Wildman–Crippen LogP) is 1.89. The van der Waals surface area contributed by atoms with Gasteiger partial charge in [0.1, 0.15) is 11.4 Å². The Bertz CT molecular complexity index is 384. The standard InChI is InChI=1S/C12H19N3O/c1-11(2)5-6-12(7-11)9(13)14-10(16)15(12)8-3-4-8/h8H,3-7H2,1-2H3,(H2,13,14,16). The highest BCUT2D eigenvalue weighted by atomic mass is 16.2. The maximum Gasteiger partial charge on any atom is 0.346 e. The second kappa shape index (κ2) is 2.79. The summed E-state index contributed by atoms with van der Waals surface area (Å²) in [6.45, 7) is 4.51. The van der Waals surface area contributed by atoms with Crippen molar-refractivity contribution in [3.8, 4) is 0 Å². The molecule has 0 saturated heterocycles. The van der Waals surface area contributed by atoms with E-state index in [4.69, 9.17) is 5.73 Å². The third kappa shape index (κ3) is 1.22. The lowest BCUT2D eigenvalue weighted by Gasteiger charge is -2.36. The van der Waals surface area contributed by atoms with Crippen LogP contribution < -0.4 is 5.73 Å². The molecule has 16 heavy (non-hydrogen) atoms. The lowest BCUT2D eigenvalue weighted by molar-refractivity contribution is 0.160. The molecule has 3 aliphatic rings. The first kappa shape index (κ1) is 10.1. The molecule has 1 aliphatic heterocycles. The van der Waals surface area contributed by atoms with Gasteiger partial charge in [0.2, 0.25) is 0 Å². The van der Waals surface area contributed by atoms with Gasteiger partial charge in [-0.2, -0.15) is 4.99 Å². The number of carbonyl (C=O) groups excluding carboxylic acids is 1. The van der Waals surface area contributed by atoms with Crippen molar-refractivity contribution in [3.05, 3.63) is 0 Å². The molecule has 2 amide bonds. The zero-order valence-corrected chi connectivity index (χ0v) is 9.99. The van der Waals surface area contributed by atoms with Gasteiger partial charge >= 0.3 is 6.03 Å². The third-order valence-corrected chi connectivity index (χ3v) is 4.26. The largest absolute Gasteiger partial charge is 0.385 e. The maximum absolute atomic E-state index is 11.9. The lowest BCUT2D eigenvalue weighted by Crippen LogP contribution is -2.53. The van der Waals surface area contributed by atoms with Crippen LogP contribution in [0.3, 0.4) is 0 Å². The summed E-state index contributed by atoms with van der Waals surface area (Å²) >= 11 is 0. The zero-order chi connectivity index (χ0) is 11.6. The number of carbonyl (C=O) groups is 1. The summed E-state index contributed by atoms with van der Waals surface area (Å²) in [4.78, 5) is 17.9. The summed E-state index contributed by atoms with van der Waals surface area (Å²) < 4.78 is 0. The van der Waals surface area contributed by atoms with Crippen molar-refractivity contribution >= 4 is 11.9 Å². The summed E-state index contributed by atoms with van der Waals surface area (Å²) in [6, 6.07) is 0.309. The minimum absolute atomic E-state index is 0.0994. The third-order valence-electron chi connectivity index (χ3n) is 4.26. The molecule has 3 rings (SSSR count). The van der Waals surface area contributed by atoms with Crippen LogP contribution in [0.15, 0.2) is 4.99 Å². The molecule has 0 radical (unpaired) electrons. The van der Waals surface area contributed by atoms with E-state index in [9.17, 15) is 4.79 Å². The minimum Gasteiger partial charge on any atom is -0.385 e. The lowest BCUT2D eigenvalue weighted by atomic mass is 9.86. The van der Waals surface area contributed by atoms with Gasteiger partial charge in [-0.1, -0.05) is 13.8 Å². The Hall–Kier alpha value is -1.06. The molecular formula is C12H19N3O. The number of amidine groups is 1. The van der Waals surface area contributed by atoms with Gasteiger partial charge in [0.25, 0.3) is 0 Å². The van der Waals surface area contributed by atoms with E-state index in [1.807, 2.05) is 4.90 Å². The van der Waals surface area contributed by atoms with Crippen molar-refractivity contribution in [1.29, 1.82) is 0 Å². The molecular weight excluding hydrogens is 202 g/mol. The highest BCUT2D eigenvalue weighted by molar-refractivity contribution is 6.06. The maximum atomic E-state index is 11.9. The van der Waals surface area contributed by atoms with Crippen LogP contribution >= 0.6 is 0 Å². The molecule has 0 aromatic rings. The van der Waals surface area contributed by atoms with Crippen LogP contribution in [0, 0.1) is 5.41 Å². The second-order valence-electron chi connectivity index (χ2n) is 6.25. The minimum atomic E-state index is -0.234. The first-order valence-electron chi connectivity index (χ1n) is 6.13. The van der Waals surface area contributed by atoms with Crippen molar-refractivity contribution in [3.63, 3.8) is 0 Å². The second-order valence-corrected chi connectivity index (χ2v) is 6.25. The normalized spacial score (nSPS) is 37.2. The van der Waals surface area contributed by atoms with Gasteiger partial charge in [0.15, 0.2) is 0 Å². The van der Waals surface area contributed by atoms with Gasteiger partial charge in [0, 0.05) is 6.04 Å². The van der Waals surface area contributed by atoms with Crippen molar-refractivity contribution in [2.75, 3.05) is 0 Å². The Morgan fingerprint density at radius 2 is 2.06 bits per heavy atom. The van der Waals surface area contributed by atoms with E-state index in [1.165, 1.54) is 0 Å². The number of hydrogen-bond acceptors (Lipinski definition) is 2. The van der Waals surface area contributed by atoms with Crippen LogP contribution in [0.5, 0.6) is 0 Å². The van der Waals surface area contributed by atoms with Gasteiger partial charge in [-0.15, -0.1) is 0 Å². The number of amides is 2. The van der Waals surface area contributed by atoms with E-state index in [1.54, 1.807) is 0 Å². The smallest absolute Gasteiger partial charge is 0.346 e. The van der Waals surface area contributed by atoms with Gasteiger partial charge in [0.05, 0.1) is 0 Å². The van der Waals surface area contributed by atoms with Crippen LogP contribution in [0.4, 0.5) is 4.79 Å². The number of urea groups is 1. The summed E-state index contributed by atoms with van der Waals surface area (Å²) in [7, 11) is 0. The van der Waals surface area contributed by atoms with E-state index in [-0.39, 0.29) is 17.0 Å². The topological polar surface area (TPSA) is 58.7 Å². The summed E-state index contributed by atoms with van der Waals surface area (Å²) in [5, 5.41) is 0. The summed E-state index contributed by atoms with van der Waals surface area (Å²) in [6.07, 6.45) is 5.32. The molecule has 2 saturated carbocycles. The molecule has 2 aliphatic carbocycles. The first-order valence-corrected chi connectivity index (χ1v) is 6.13. The van der Waals surface area contributed by atoms with Crippen LogP contribution in [0.1, 0.15) is 46.0 Å². The molecule has 0 aromatic heterocycles. The molecule has 2 fully saturated rings. The molecule has 4 heteroatoms. The van der Waals surface area contributed by atoms with Crippen molar-refractivity contribution in [2.45, 2.75) is 57.5 Å². The van der Waals surface area contributed by atoms with E-state index in [0.717, 1.165) is 32.1 Å². The highest BCUT2D eigenvalue weighted by Crippen LogP contribution is 2.51. The van der Waals surface area contributed by atoms with Crippen LogP contribution in [-0.2, 0) is 0 Å². The Kier molecular flexibility index (Phi) is 1.76. The Morgan fingerprint density at radius 3 is 2.56 bits per heavy atom. The number of aliphatic imine (C=N–C) groups is 1. The van der Waals surface area contributed by atoms with Crippen LogP contribution in [-0.4, -0.2) is 28.3 Å². The number of nitrogens with zero attached hydrogens (tertiary/aromatic N) is 2. The van der Waals surface area contributed by atoms with Crippen LogP contribution in [0.2, 0.25) is 0 Å². The van der Waals surface area contributed by atoms with Gasteiger partial charge in [-0.05, 0) is 37.5 Å². The van der Waals surface area contributed by atoms with Crippen LogP contribution in [0.25, 0.3) is 0 Å². The fourth-order valence-corrected chi connectivity index (χ4v) is 3.34. The fourth-order valence-electron chi connectivity index (χ4n) is 3.34. The number of rotatable bonds is 1. The fraction of sp³-hybridized carbons (Fsp3) is 0.833. The van der Waals surface area contributed by atoms with Crippen molar-refractivity contribution < 1.29 is 4.79 Å².